The molecule has 8 aromatic carbocycles. The van der Waals surface area contributed by atoms with Gasteiger partial charge in [-0.15, -0.1) is 0 Å². The maximum Gasteiger partial charge on any atom is 0.164 e. The molecule has 252 valence electrons. The minimum atomic E-state index is -0.553. The predicted molar refractivity (Wildman–Crippen MR) is 216 cm³/mol. The third-order valence-electron chi connectivity index (χ3n) is 11.0. The topological polar surface area (TPSA) is 47.9 Å². The first-order chi connectivity index (χ1) is 26.8. The van der Waals surface area contributed by atoms with Gasteiger partial charge in [0.1, 0.15) is 11.5 Å². The molecule has 1 aliphatic heterocycles. The second kappa shape index (κ2) is 11.9. The second-order valence-corrected chi connectivity index (χ2v) is 13.9. The molecule has 9 aromatic rings. The van der Waals surface area contributed by atoms with Crippen molar-refractivity contribution in [2.75, 3.05) is 0 Å². The van der Waals surface area contributed by atoms with Crippen LogP contribution < -0.4 is 4.74 Å². The van der Waals surface area contributed by atoms with Crippen LogP contribution in [0.25, 0.3) is 67.2 Å². The van der Waals surface area contributed by atoms with Crippen LogP contribution in [0.3, 0.4) is 0 Å². The van der Waals surface area contributed by atoms with Crippen molar-refractivity contribution in [1.82, 2.24) is 15.0 Å². The van der Waals surface area contributed by atoms with Crippen LogP contribution in [-0.4, -0.2) is 15.0 Å². The van der Waals surface area contributed by atoms with Crippen molar-refractivity contribution in [3.05, 3.63) is 210 Å². The molecule has 0 atom stereocenters. The van der Waals surface area contributed by atoms with Gasteiger partial charge < -0.3 is 4.74 Å². The van der Waals surface area contributed by atoms with Crippen molar-refractivity contribution in [2.45, 2.75) is 5.41 Å². The van der Waals surface area contributed by atoms with Gasteiger partial charge in [0.15, 0.2) is 17.5 Å². The Labute approximate surface area is 313 Å². The number of rotatable bonds is 4. The fourth-order valence-electron chi connectivity index (χ4n) is 8.56. The minimum Gasteiger partial charge on any atom is -0.456 e. The molecule has 11 rings (SSSR count). The summed E-state index contributed by atoms with van der Waals surface area (Å²) in [7, 11) is 0. The molecular weight excluding hydrogens is 659 g/mol. The molecule has 0 unspecified atom stereocenters. The molecule has 54 heavy (non-hydrogen) atoms. The van der Waals surface area contributed by atoms with Gasteiger partial charge in [-0.05, 0) is 50.9 Å². The molecule has 1 aliphatic carbocycles. The summed E-state index contributed by atoms with van der Waals surface area (Å²) in [5.41, 5.74) is 11.9. The average molecular weight is 690 g/mol. The minimum absolute atomic E-state index is 0.553. The van der Waals surface area contributed by atoms with Gasteiger partial charge in [0, 0.05) is 33.2 Å². The Balaban J connectivity index is 1.07. The second-order valence-electron chi connectivity index (χ2n) is 13.9. The molecule has 4 nitrogen and oxygen atoms in total. The Morgan fingerprint density at radius 3 is 1.48 bits per heavy atom. The van der Waals surface area contributed by atoms with Crippen molar-refractivity contribution in [2.24, 2.45) is 0 Å². The molecule has 0 amide bonds. The lowest BCUT2D eigenvalue weighted by atomic mass is 9.65. The molecule has 0 bridgehead atoms. The van der Waals surface area contributed by atoms with Crippen molar-refractivity contribution in [3.8, 4) is 67.9 Å². The average Bonchev–Trinajstić information content (AvgIpc) is 3.54. The van der Waals surface area contributed by atoms with E-state index in [0.29, 0.717) is 17.5 Å². The number of fused-ring (bicyclic) bond motifs is 11. The van der Waals surface area contributed by atoms with Crippen LogP contribution in [0.2, 0.25) is 0 Å². The van der Waals surface area contributed by atoms with E-state index in [0.717, 1.165) is 61.2 Å². The Hall–Kier alpha value is -7.17. The first-order valence-corrected chi connectivity index (χ1v) is 18.3. The summed E-state index contributed by atoms with van der Waals surface area (Å²) < 4.78 is 6.95. The molecule has 0 saturated carbocycles. The quantitative estimate of drug-likeness (QED) is 0.185. The predicted octanol–water partition coefficient (Wildman–Crippen LogP) is 12.2. The van der Waals surface area contributed by atoms with E-state index >= 15 is 0 Å². The third-order valence-corrected chi connectivity index (χ3v) is 11.0. The Kier molecular flexibility index (Phi) is 6.73. The lowest BCUT2D eigenvalue weighted by Gasteiger charge is -2.40. The number of ether oxygens (including phenoxy) is 1. The fraction of sp³-hybridized carbons (Fsp3) is 0.0200. The van der Waals surface area contributed by atoms with Gasteiger partial charge in [0.2, 0.25) is 0 Å². The van der Waals surface area contributed by atoms with Crippen molar-refractivity contribution < 1.29 is 4.74 Å². The van der Waals surface area contributed by atoms with Crippen LogP contribution in [0, 0.1) is 0 Å². The van der Waals surface area contributed by atoms with Crippen LogP contribution in [-0.2, 0) is 5.41 Å². The van der Waals surface area contributed by atoms with Crippen LogP contribution in [0.5, 0.6) is 11.5 Å². The monoisotopic (exact) mass is 689 g/mol. The third kappa shape index (κ3) is 4.53. The van der Waals surface area contributed by atoms with Gasteiger partial charge >= 0.3 is 0 Å². The normalized spacial score (nSPS) is 13.1. The van der Waals surface area contributed by atoms with Crippen molar-refractivity contribution >= 4 is 10.8 Å². The van der Waals surface area contributed by atoms with Crippen molar-refractivity contribution in [3.63, 3.8) is 0 Å². The fourth-order valence-corrected chi connectivity index (χ4v) is 8.56. The molecular formula is C50H31N3O. The lowest BCUT2D eigenvalue weighted by molar-refractivity contribution is 0.442. The zero-order valence-corrected chi connectivity index (χ0v) is 29.1. The number of benzene rings is 8. The van der Waals surface area contributed by atoms with E-state index in [1.807, 2.05) is 60.7 Å². The van der Waals surface area contributed by atoms with Gasteiger partial charge in [-0.1, -0.05) is 176 Å². The van der Waals surface area contributed by atoms with E-state index < -0.39 is 5.41 Å². The van der Waals surface area contributed by atoms with Crippen LogP contribution in [0.15, 0.2) is 188 Å². The first kappa shape index (κ1) is 30.5. The van der Waals surface area contributed by atoms with Crippen LogP contribution in [0.4, 0.5) is 0 Å². The van der Waals surface area contributed by atoms with Crippen LogP contribution >= 0.6 is 0 Å². The number of hydrogen-bond acceptors (Lipinski definition) is 4. The van der Waals surface area contributed by atoms with Gasteiger partial charge in [0.05, 0.1) is 5.41 Å². The van der Waals surface area contributed by atoms with E-state index in [2.05, 4.69) is 127 Å². The van der Waals surface area contributed by atoms with Crippen molar-refractivity contribution in [1.29, 1.82) is 0 Å². The number of hydrogen-bond donors (Lipinski definition) is 0. The largest absolute Gasteiger partial charge is 0.456 e. The van der Waals surface area contributed by atoms with Gasteiger partial charge in [-0.2, -0.15) is 0 Å². The maximum atomic E-state index is 6.95. The summed E-state index contributed by atoms with van der Waals surface area (Å²) in [6, 6.07) is 66.2. The van der Waals surface area contributed by atoms with E-state index in [9.17, 15) is 0 Å². The summed E-state index contributed by atoms with van der Waals surface area (Å²) in [4.78, 5) is 14.8. The summed E-state index contributed by atoms with van der Waals surface area (Å²) in [5.74, 6) is 3.72. The highest BCUT2D eigenvalue weighted by molar-refractivity contribution is 5.96. The zero-order valence-electron chi connectivity index (χ0n) is 29.1. The maximum absolute atomic E-state index is 6.95. The van der Waals surface area contributed by atoms with Gasteiger partial charge in [-0.3, -0.25) is 0 Å². The van der Waals surface area contributed by atoms with Gasteiger partial charge in [0.25, 0.3) is 0 Å². The summed E-state index contributed by atoms with van der Waals surface area (Å²) >= 11 is 0. The molecule has 0 saturated heterocycles. The Morgan fingerprint density at radius 1 is 0.352 bits per heavy atom. The lowest BCUT2D eigenvalue weighted by Crippen LogP contribution is -2.32. The van der Waals surface area contributed by atoms with Crippen LogP contribution in [0.1, 0.15) is 22.3 Å². The molecule has 0 fully saturated rings. The van der Waals surface area contributed by atoms with E-state index in [1.54, 1.807) is 0 Å². The number of aromatic nitrogens is 3. The first-order valence-electron chi connectivity index (χ1n) is 18.3. The summed E-state index contributed by atoms with van der Waals surface area (Å²) in [5, 5.41) is 2.28. The van der Waals surface area contributed by atoms with E-state index in [1.165, 1.54) is 22.3 Å². The SMILES string of the molecule is c1ccc(-c2nc(-c3ccccc3)nc(-c3ccc(-c4ccc5c(c4)C4(c6ccccc6-c6ccccc64)c4ccc6ccccc6c4O5)cc3)n2)cc1. The standard InChI is InChI=1S/C50H31N3O/c1-3-14-34(15-4-1)47-51-48(35-16-5-2-6-17-35)53-49(52-47)36-25-23-32(24-26-36)37-28-30-45-44(31-37)50(43-29-27-33-13-7-8-18-38(33)46(43)54-45)41-21-11-9-19-39(41)40-20-10-12-22-42(40)50/h1-31H. The molecule has 2 heterocycles. The van der Waals surface area contributed by atoms with E-state index in [4.69, 9.17) is 19.7 Å². The summed E-state index contributed by atoms with van der Waals surface area (Å²) in [6.45, 7) is 0. The molecule has 1 aromatic heterocycles. The zero-order chi connectivity index (χ0) is 35.6. The smallest absolute Gasteiger partial charge is 0.164 e. The Bertz CT molecular complexity index is 2800. The molecule has 0 N–H and O–H groups in total. The van der Waals surface area contributed by atoms with Gasteiger partial charge in [-0.25, -0.2) is 15.0 Å². The summed E-state index contributed by atoms with van der Waals surface area (Å²) in [6.07, 6.45) is 0. The highest BCUT2D eigenvalue weighted by Crippen LogP contribution is 2.63. The highest BCUT2D eigenvalue weighted by atomic mass is 16.5. The highest BCUT2D eigenvalue weighted by Gasteiger charge is 2.51. The number of nitrogens with zero attached hydrogens (tertiary/aromatic N) is 3. The molecule has 2 aliphatic rings. The molecule has 0 radical (unpaired) electrons. The molecule has 4 heteroatoms. The van der Waals surface area contributed by atoms with E-state index in [-0.39, 0.29) is 0 Å². The molecule has 1 spiro atoms. The Morgan fingerprint density at radius 2 is 0.852 bits per heavy atom.